The SMILES string of the molecule is CNCc1cn(CC2CCN(C(=O)c3sc(C)nc3C)CC2)nn1. The molecule has 24 heavy (non-hydrogen) atoms. The number of amides is 1. The van der Waals surface area contributed by atoms with Gasteiger partial charge < -0.3 is 10.2 Å². The molecule has 7 nitrogen and oxygen atoms in total. The molecule has 0 radical (unpaired) electrons. The molecule has 0 spiro atoms. The Morgan fingerprint density at radius 2 is 2.12 bits per heavy atom. The van der Waals surface area contributed by atoms with Gasteiger partial charge in [0.2, 0.25) is 0 Å². The fraction of sp³-hybridized carbons (Fsp3) is 0.625. The molecule has 1 N–H and O–H groups in total. The van der Waals surface area contributed by atoms with Crippen LogP contribution in [0.25, 0.3) is 0 Å². The molecule has 8 heteroatoms. The van der Waals surface area contributed by atoms with E-state index in [0.29, 0.717) is 5.92 Å². The van der Waals surface area contributed by atoms with Gasteiger partial charge in [0.15, 0.2) is 0 Å². The number of rotatable bonds is 5. The van der Waals surface area contributed by atoms with Gasteiger partial charge >= 0.3 is 0 Å². The minimum absolute atomic E-state index is 0.133. The normalized spacial score (nSPS) is 15.9. The predicted molar refractivity (Wildman–Crippen MR) is 93.0 cm³/mol. The van der Waals surface area contributed by atoms with Crippen LogP contribution >= 0.6 is 11.3 Å². The Morgan fingerprint density at radius 3 is 2.75 bits per heavy atom. The third-order valence-electron chi connectivity index (χ3n) is 4.39. The van der Waals surface area contributed by atoms with Crippen molar-refractivity contribution in [2.24, 2.45) is 5.92 Å². The van der Waals surface area contributed by atoms with Crippen molar-refractivity contribution in [2.75, 3.05) is 20.1 Å². The second kappa shape index (κ2) is 7.40. The lowest BCUT2D eigenvalue weighted by atomic mass is 9.96. The molecule has 0 aromatic carbocycles. The van der Waals surface area contributed by atoms with E-state index in [0.717, 1.165) is 60.3 Å². The Labute approximate surface area is 146 Å². The molecular formula is C16H24N6OS. The van der Waals surface area contributed by atoms with Gasteiger partial charge in [-0.05, 0) is 39.7 Å². The fourth-order valence-corrected chi connectivity index (χ4v) is 4.03. The number of hydrogen-bond donors (Lipinski definition) is 1. The molecule has 0 bridgehead atoms. The molecule has 3 heterocycles. The van der Waals surface area contributed by atoms with Gasteiger partial charge in [-0.2, -0.15) is 0 Å². The highest BCUT2D eigenvalue weighted by Gasteiger charge is 2.26. The Hall–Kier alpha value is -1.80. The van der Waals surface area contributed by atoms with Crippen molar-refractivity contribution in [1.29, 1.82) is 0 Å². The van der Waals surface area contributed by atoms with Crippen molar-refractivity contribution >= 4 is 17.2 Å². The average Bonchev–Trinajstić information content (AvgIpc) is 3.14. The van der Waals surface area contributed by atoms with Crippen molar-refractivity contribution in [2.45, 2.75) is 39.8 Å². The van der Waals surface area contributed by atoms with Crippen LogP contribution in [-0.4, -0.2) is 50.9 Å². The molecule has 1 aliphatic rings. The molecule has 2 aromatic rings. The van der Waals surface area contributed by atoms with E-state index in [2.05, 4.69) is 20.6 Å². The fourth-order valence-electron chi connectivity index (χ4n) is 3.15. The van der Waals surface area contributed by atoms with Crippen molar-refractivity contribution in [3.8, 4) is 0 Å². The van der Waals surface area contributed by atoms with Crippen molar-refractivity contribution < 1.29 is 4.79 Å². The zero-order valence-corrected chi connectivity index (χ0v) is 15.3. The van der Waals surface area contributed by atoms with Gasteiger partial charge in [-0.15, -0.1) is 16.4 Å². The molecule has 3 rings (SSSR count). The summed E-state index contributed by atoms with van der Waals surface area (Å²) >= 11 is 1.50. The molecule has 130 valence electrons. The molecular weight excluding hydrogens is 324 g/mol. The van der Waals surface area contributed by atoms with E-state index in [1.54, 1.807) is 0 Å². The van der Waals surface area contributed by atoms with E-state index < -0.39 is 0 Å². The van der Waals surface area contributed by atoms with E-state index in [4.69, 9.17) is 0 Å². The number of hydrogen-bond acceptors (Lipinski definition) is 6. The van der Waals surface area contributed by atoms with E-state index in [1.165, 1.54) is 11.3 Å². The number of nitrogens with one attached hydrogen (secondary N) is 1. The molecule has 0 saturated carbocycles. The van der Waals surface area contributed by atoms with Crippen molar-refractivity contribution in [3.05, 3.63) is 27.5 Å². The number of carbonyl (C=O) groups is 1. The Balaban J connectivity index is 1.53. The zero-order valence-electron chi connectivity index (χ0n) is 14.4. The standard InChI is InChI=1S/C16H24N6OS/c1-11-15(24-12(2)18-11)16(23)21-6-4-13(5-7-21)9-22-10-14(8-17-3)19-20-22/h10,13,17H,4-9H2,1-3H3. The van der Waals surface area contributed by atoms with E-state index >= 15 is 0 Å². The molecule has 0 aliphatic carbocycles. The number of thiazole rings is 1. The summed E-state index contributed by atoms with van der Waals surface area (Å²) in [6, 6.07) is 0. The van der Waals surface area contributed by atoms with Crippen LogP contribution in [0.15, 0.2) is 6.20 Å². The van der Waals surface area contributed by atoms with Gasteiger partial charge in [-0.3, -0.25) is 9.48 Å². The lowest BCUT2D eigenvalue weighted by Crippen LogP contribution is -2.39. The topological polar surface area (TPSA) is 75.9 Å². The third kappa shape index (κ3) is 3.81. The summed E-state index contributed by atoms with van der Waals surface area (Å²) in [5.74, 6) is 0.677. The van der Waals surface area contributed by atoms with E-state index in [9.17, 15) is 4.79 Å². The van der Waals surface area contributed by atoms with Gasteiger partial charge in [0.25, 0.3) is 5.91 Å². The van der Waals surface area contributed by atoms with Gasteiger partial charge in [-0.1, -0.05) is 5.21 Å². The highest BCUT2D eigenvalue weighted by molar-refractivity contribution is 7.13. The van der Waals surface area contributed by atoms with Crippen LogP contribution in [0.2, 0.25) is 0 Å². The Bertz CT molecular complexity index is 701. The van der Waals surface area contributed by atoms with Crippen LogP contribution in [0.5, 0.6) is 0 Å². The molecule has 0 atom stereocenters. The smallest absolute Gasteiger partial charge is 0.265 e. The summed E-state index contributed by atoms with van der Waals surface area (Å²) in [4.78, 5) is 19.8. The number of carbonyl (C=O) groups excluding carboxylic acids is 1. The molecule has 0 unspecified atom stereocenters. The summed E-state index contributed by atoms with van der Waals surface area (Å²) in [5, 5.41) is 12.4. The van der Waals surface area contributed by atoms with Crippen molar-refractivity contribution in [1.82, 2.24) is 30.2 Å². The highest BCUT2D eigenvalue weighted by atomic mass is 32.1. The van der Waals surface area contributed by atoms with Gasteiger partial charge in [0, 0.05) is 32.4 Å². The van der Waals surface area contributed by atoms with Gasteiger partial charge in [-0.25, -0.2) is 4.98 Å². The summed E-state index contributed by atoms with van der Waals surface area (Å²) in [7, 11) is 1.90. The second-order valence-electron chi connectivity index (χ2n) is 6.35. The number of piperidine rings is 1. The number of nitrogens with zero attached hydrogens (tertiary/aromatic N) is 5. The third-order valence-corrected chi connectivity index (χ3v) is 5.45. The van der Waals surface area contributed by atoms with Crippen molar-refractivity contribution in [3.63, 3.8) is 0 Å². The lowest BCUT2D eigenvalue weighted by Gasteiger charge is -2.31. The van der Waals surface area contributed by atoms with Crippen LogP contribution in [0, 0.1) is 19.8 Å². The summed E-state index contributed by atoms with van der Waals surface area (Å²) in [6.07, 6.45) is 4.01. The average molecular weight is 348 g/mol. The van der Waals surface area contributed by atoms with Crippen LogP contribution in [-0.2, 0) is 13.1 Å². The summed E-state index contributed by atoms with van der Waals surface area (Å²) in [5.41, 5.74) is 1.81. The summed E-state index contributed by atoms with van der Waals surface area (Å²) < 4.78 is 1.92. The maximum Gasteiger partial charge on any atom is 0.265 e. The van der Waals surface area contributed by atoms with Gasteiger partial charge in [0.05, 0.1) is 16.4 Å². The number of aryl methyl sites for hydroxylation is 2. The molecule has 1 fully saturated rings. The monoisotopic (exact) mass is 348 g/mol. The predicted octanol–water partition coefficient (Wildman–Crippen LogP) is 1.62. The minimum Gasteiger partial charge on any atom is -0.338 e. The Kier molecular flexibility index (Phi) is 5.25. The Morgan fingerprint density at radius 1 is 1.38 bits per heavy atom. The van der Waals surface area contributed by atoms with Gasteiger partial charge in [0.1, 0.15) is 4.88 Å². The second-order valence-corrected chi connectivity index (χ2v) is 7.55. The highest BCUT2D eigenvalue weighted by Crippen LogP contribution is 2.24. The minimum atomic E-state index is 0.133. The first kappa shape index (κ1) is 17.0. The first-order chi connectivity index (χ1) is 11.6. The zero-order chi connectivity index (χ0) is 17.1. The molecule has 1 saturated heterocycles. The summed E-state index contributed by atoms with van der Waals surface area (Å²) in [6.45, 7) is 7.08. The quantitative estimate of drug-likeness (QED) is 0.889. The first-order valence-electron chi connectivity index (χ1n) is 8.33. The van der Waals surface area contributed by atoms with Crippen LogP contribution in [0.1, 0.15) is 38.9 Å². The molecule has 1 amide bonds. The first-order valence-corrected chi connectivity index (χ1v) is 9.15. The number of likely N-dealkylation sites (tertiary alicyclic amines) is 1. The van der Waals surface area contributed by atoms with Crippen LogP contribution < -0.4 is 5.32 Å². The molecule has 1 aliphatic heterocycles. The molecule has 2 aromatic heterocycles. The largest absolute Gasteiger partial charge is 0.338 e. The maximum absolute atomic E-state index is 12.6. The lowest BCUT2D eigenvalue weighted by molar-refractivity contribution is 0.0685. The van der Waals surface area contributed by atoms with E-state index in [1.807, 2.05) is 36.7 Å². The van der Waals surface area contributed by atoms with Crippen LogP contribution in [0.4, 0.5) is 0 Å². The number of aromatic nitrogens is 4. The van der Waals surface area contributed by atoms with E-state index in [-0.39, 0.29) is 5.91 Å². The maximum atomic E-state index is 12.6. The van der Waals surface area contributed by atoms with Crippen LogP contribution in [0.3, 0.4) is 0 Å².